The number of carbonyl (C=O) groups is 1. The first-order valence-electron chi connectivity index (χ1n) is 6.40. The monoisotopic (exact) mass is 398 g/mol. The van der Waals surface area contributed by atoms with E-state index in [4.69, 9.17) is 15.4 Å². The molecule has 4 nitrogen and oxygen atoms in total. The molecule has 0 bridgehead atoms. The molecule has 1 aromatic carbocycles. The molecule has 21 heavy (non-hydrogen) atoms. The van der Waals surface area contributed by atoms with Gasteiger partial charge in [0.05, 0.1) is 12.2 Å². The molecule has 1 saturated carbocycles. The Labute approximate surface area is 135 Å². The highest BCUT2D eigenvalue weighted by Gasteiger charge is 2.25. The van der Waals surface area contributed by atoms with Gasteiger partial charge in [0.25, 0.3) is 9.05 Å². The van der Waals surface area contributed by atoms with Crippen LogP contribution in [-0.4, -0.2) is 21.0 Å². The molecule has 0 radical (unpaired) electrons. The summed E-state index contributed by atoms with van der Waals surface area (Å²) >= 11 is 3.03. The normalized spacial score (nSPS) is 16.1. The minimum Gasteiger partial charge on any atom is -0.462 e. The van der Waals surface area contributed by atoms with Crippen molar-refractivity contribution in [3.8, 4) is 0 Å². The third-order valence-corrected chi connectivity index (χ3v) is 5.19. The van der Waals surface area contributed by atoms with E-state index < -0.39 is 31.3 Å². The summed E-state index contributed by atoms with van der Waals surface area (Å²) < 4.78 is 42.0. The van der Waals surface area contributed by atoms with Crippen molar-refractivity contribution in [1.29, 1.82) is 0 Å². The molecule has 1 aromatic rings. The first-order valence-corrected chi connectivity index (χ1v) is 9.50. The Morgan fingerprint density at radius 3 is 2.57 bits per heavy atom. The number of halogens is 3. The van der Waals surface area contributed by atoms with Crippen molar-refractivity contribution in [3.05, 3.63) is 28.0 Å². The maximum atomic E-state index is 14.1. The number of rotatable bonds is 4. The van der Waals surface area contributed by atoms with Gasteiger partial charge in [0.2, 0.25) is 0 Å². The van der Waals surface area contributed by atoms with Crippen molar-refractivity contribution in [2.45, 2.75) is 30.6 Å². The van der Waals surface area contributed by atoms with Crippen molar-refractivity contribution < 1.29 is 22.3 Å². The van der Waals surface area contributed by atoms with Gasteiger partial charge in [-0.15, -0.1) is 0 Å². The Kier molecular flexibility index (Phi) is 5.27. The van der Waals surface area contributed by atoms with Crippen LogP contribution in [0.4, 0.5) is 4.39 Å². The van der Waals surface area contributed by atoms with Gasteiger partial charge in [0.15, 0.2) is 5.82 Å². The molecule has 1 aliphatic rings. The van der Waals surface area contributed by atoms with Crippen LogP contribution < -0.4 is 0 Å². The van der Waals surface area contributed by atoms with E-state index in [0.717, 1.165) is 31.7 Å². The van der Waals surface area contributed by atoms with Crippen LogP contribution in [0.2, 0.25) is 0 Å². The minimum atomic E-state index is -4.28. The molecular weight excluding hydrogens is 387 g/mol. The smallest absolute Gasteiger partial charge is 0.341 e. The maximum Gasteiger partial charge on any atom is 0.341 e. The summed E-state index contributed by atoms with van der Waals surface area (Å²) in [5, 5.41) is 0. The van der Waals surface area contributed by atoms with Crippen LogP contribution in [0.5, 0.6) is 0 Å². The summed E-state index contributed by atoms with van der Waals surface area (Å²) in [5.41, 5.74) is -0.443. The number of hydrogen-bond donors (Lipinski definition) is 0. The van der Waals surface area contributed by atoms with Crippen molar-refractivity contribution in [3.63, 3.8) is 0 Å². The lowest BCUT2D eigenvalue weighted by Gasteiger charge is -2.11. The Hall–Kier alpha value is -0.660. The summed E-state index contributed by atoms with van der Waals surface area (Å²) in [6.45, 7) is 0.216. The molecule has 0 spiro atoms. The summed E-state index contributed by atoms with van der Waals surface area (Å²) in [4.78, 5) is 11.2. The van der Waals surface area contributed by atoms with Gasteiger partial charge in [0, 0.05) is 15.2 Å². The van der Waals surface area contributed by atoms with Gasteiger partial charge in [-0.1, -0.05) is 28.8 Å². The summed E-state index contributed by atoms with van der Waals surface area (Å²) in [7, 11) is 0.869. The predicted octanol–water partition coefficient (Wildman–Crippen LogP) is 3.86. The van der Waals surface area contributed by atoms with Crippen molar-refractivity contribution in [2.75, 3.05) is 6.61 Å². The van der Waals surface area contributed by atoms with Crippen LogP contribution >= 0.6 is 26.6 Å². The average molecular weight is 400 g/mol. The van der Waals surface area contributed by atoms with E-state index >= 15 is 0 Å². The van der Waals surface area contributed by atoms with Crippen LogP contribution in [0.25, 0.3) is 0 Å². The summed E-state index contributed by atoms with van der Waals surface area (Å²) in [5.74, 6) is -1.78. The van der Waals surface area contributed by atoms with E-state index in [9.17, 15) is 17.6 Å². The van der Waals surface area contributed by atoms with E-state index in [-0.39, 0.29) is 11.1 Å². The van der Waals surface area contributed by atoms with Crippen molar-refractivity contribution in [1.82, 2.24) is 0 Å². The molecule has 8 heteroatoms. The summed E-state index contributed by atoms with van der Waals surface area (Å²) in [6.07, 6.45) is 4.16. The third-order valence-electron chi connectivity index (χ3n) is 3.41. The number of carbonyl (C=O) groups excluding carboxylic acids is 1. The lowest BCUT2D eigenvalue weighted by molar-refractivity contribution is 0.0436. The van der Waals surface area contributed by atoms with Gasteiger partial charge in [-0.25, -0.2) is 17.6 Å². The molecule has 0 aliphatic heterocycles. The molecule has 116 valence electrons. The first-order chi connectivity index (χ1) is 9.79. The highest BCUT2D eigenvalue weighted by atomic mass is 79.9. The van der Waals surface area contributed by atoms with Gasteiger partial charge in [-0.05, 0) is 30.9 Å². The molecule has 0 atom stereocenters. The van der Waals surface area contributed by atoms with Crippen molar-refractivity contribution >= 4 is 41.6 Å². The van der Waals surface area contributed by atoms with Gasteiger partial charge < -0.3 is 4.74 Å². The fourth-order valence-electron chi connectivity index (χ4n) is 2.34. The minimum absolute atomic E-state index is 0.216. The molecule has 0 aromatic heterocycles. The molecule has 1 aliphatic carbocycles. The summed E-state index contributed by atoms with van der Waals surface area (Å²) in [6, 6.07) is 2.18. The van der Waals surface area contributed by atoms with Gasteiger partial charge in [0.1, 0.15) is 4.90 Å². The van der Waals surface area contributed by atoms with Crippen molar-refractivity contribution in [2.24, 2.45) is 5.92 Å². The largest absolute Gasteiger partial charge is 0.462 e. The Balaban J connectivity index is 2.22. The standard InChI is InChI=1S/C13H13BrClFO4S/c14-9-5-10(12(16)11(6-9)21(15,18)19)13(17)20-7-8-3-1-2-4-8/h5-6,8H,1-4,7H2. The predicted molar refractivity (Wildman–Crippen MR) is 79.4 cm³/mol. The number of ether oxygens (including phenoxy) is 1. The second-order valence-corrected chi connectivity index (χ2v) is 8.40. The average Bonchev–Trinajstić information content (AvgIpc) is 2.90. The van der Waals surface area contributed by atoms with Crippen LogP contribution in [0, 0.1) is 11.7 Å². The van der Waals surface area contributed by atoms with Gasteiger partial charge >= 0.3 is 5.97 Å². The molecule has 0 saturated heterocycles. The lowest BCUT2D eigenvalue weighted by atomic mass is 10.1. The number of benzene rings is 1. The van der Waals surface area contributed by atoms with E-state index in [1.807, 2.05) is 0 Å². The highest BCUT2D eigenvalue weighted by Crippen LogP contribution is 2.28. The quantitative estimate of drug-likeness (QED) is 0.570. The molecular formula is C13H13BrClFO4S. The van der Waals surface area contributed by atoms with E-state index in [2.05, 4.69) is 15.9 Å². The van der Waals surface area contributed by atoms with Crippen LogP contribution in [0.3, 0.4) is 0 Å². The fourth-order valence-corrected chi connectivity index (χ4v) is 3.88. The SMILES string of the molecule is O=C(OCC1CCCC1)c1cc(Br)cc(S(=O)(=O)Cl)c1F. The van der Waals surface area contributed by atoms with Crippen LogP contribution in [0.15, 0.2) is 21.5 Å². The topological polar surface area (TPSA) is 60.4 Å². The lowest BCUT2D eigenvalue weighted by Crippen LogP contribution is -2.14. The van der Waals surface area contributed by atoms with Gasteiger partial charge in [-0.3, -0.25) is 0 Å². The van der Waals surface area contributed by atoms with Crippen LogP contribution in [0.1, 0.15) is 36.0 Å². The van der Waals surface area contributed by atoms with E-state index in [1.54, 1.807) is 0 Å². The van der Waals surface area contributed by atoms with E-state index in [1.165, 1.54) is 6.07 Å². The second-order valence-electron chi connectivity index (χ2n) is 4.95. The molecule has 0 amide bonds. The molecule has 0 unspecified atom stereocenters. The Morgan fingerprint density at radius 2 is 2.00 bits per heavy atom. The fraction of sp³-hybridized carbons (Fsp3) is 0.462. The zero-order chi connectivity index (χ0) is 15.6. The number of esters is 1. The zero-order valence-electron chi connectivity index (χ0n) is 10.9. The maximum absolute atomic E-state index is 14.1. The van der Waals surface area contributed by atoms with Gasteiger partial charge in [-0.2, -0.15) is 0 Å². The molecule has 0 heterocycles. The Bertz CT molecular complexity index is 656. The van der Waals surface area contributed by atoms with Crippen LogP contribution in [-0.2, 0) is 13.8 Å². The second kappa shape index (κ2) is 6.62. The first kappa shape index (κ1) is 16.7. The number of hydrogen-bond acceptors (Lipinski definition) is 4. The Morgan fingerprint density at radius 1 is 1.38 bits per heavy atom. The molecule has 0 N–H and O–H groups in total. The highest BCUT2D eigenvalue weighted by molar-refractivity contribution is 9.10. The van der Waals surface area contributed by atoms with E-state index in [0.29, 0.717) is 5.92 Å². The third kappa shape index (κ3) is 4.17. The zero-order valence-corrected chi connectivity index (χ0v) is 14.1. The molecule has 1 fully saturated rings. The molecule has 2 rings (SSSR count).